The Hall–Kier alpha value is -3.61. The zero-order chi connectivity index (χ0) is 22.7. The van der Waals surface area contributed by atoms with Gasteiger partial charge in [0.1, 0.15) is 23.3 Å². The van der Waals surface area contributed by atoms with E-state index in [4.69, 9.17) is 4.74 Å². The summed E-state index contributed by atoms with van der Waals surface area (Å²) < 4.78 is 8.57. The molecule has 0 unspecified atom stereocenters. The molecule has 0 bridgehead atoms. The number of hydrogen-bond donors (Lipinski definition) is 1. The summed E-state index contributed by atoms with van der Waals surface area (Å²) in [6, 6.07) is 15.3. The van der Waals surface area contributed by atoms with E-state index >= 15 is 0 Å². The molecule has 7 heteroatoms. The highest BCUT2D eigenvalue weighted by atomic mass is 16.5. The van der Waals surface area contributed by atoms with Crippen LogP contribution < -0.4 is 15.6 Å². The molecule has 1 amide bonds. The van der Waals surface area contributed by atoms with Crippen LogP contribution in [0.4, 0.5) is 0 Å². The first kappa shape index (κ1) is 21.6. The first-order chi connectivity index (χ1) is 15.5. The molecule has 0 aliphatic rings. The Bertz CT molecular complexity index is 1300. The number of fused-ring (bicyclic) bond motifs is 3. The Kier molecular flexibility index (Phi) is 6.25. The summed E-state index contributed by atoms with van der Waals surface area (Å²) in [7, 11) is 1.62. The summed E-state index contributed by atoms with van der Waals surface area (Å²) in [5.41, 5.74) is 2.68. The normalized spacial score (nSPS) is 11.4. The number of ether oxygens (including phenoxy) is 1. The molecule has 7 nitrogen and oxygen atoms in total. The van der Waals surface area contributed by atoms with Crippen molar-refractivity contribution in [3.63, 3.8) is 0 Å². The van der Waals surface area contributed by atoms with Crippen molar-refractivity contribution in [2.24, 2.45) is 5.92 Å². The van der Waals surface area contributed by atoms with Gasteiger partial charge in [0.25, 0.3) is 5.56 Å². The minimum absolute atomic E-state index is 0.0750. The Morgan fingerprint density at radius 1 is 1.12 bits per heavy atom. The van der Waals surface area contributed by atoms with E-state index in [-0.39, 0.29) is 18.0 Å². The Morgan fingerprint density at radius 2 is 1.88 bits per heavy atom. The van der Waals surface area contributed by atoms with E-state index in [0.29, 0.717) is 30.0 Å². The number of nitrogens with zero attached hydrogens (tertiary/aromatic N) is 3. The van der Waals surface area contributed by atoms with Crippen molar-refractivity contribution in [2.45, 2.75) is 33.4 Å². The van der Waals surface area contributed by atoms with Crippen molar-refractivity contribution >= 4 is 27.8 Å². The first-order valence-corrected chi connectivity index (χ1v) is 10.8. The van der Waals surface area contributed by atoms with Gasteiger partial charge in [0.15, 0.2) is 0 Å². The maximum Gasteiger partial charge on any atom is 0.278 e. The molecule has 0 saturated carbocycles. The summed E-state index contributed by atoms with van der Waals surface area (Å²) in [5, 5.41) is 3.83. The summed E-state index contributed by atoms with van der Waals surface area (Å²) >= 11 is 0. The number of methoxy groups -OCH3 is 1. The highest BCUT2D eigenvalue weighted by Gasteiger charge is 2.18. The van der Waals surface area contributed by atoms with Crippen molar-refractivity contribution in [1.82, 2.24) is 19.4 Å². The molecule has 0 radical (unpaired) electrons. The molecule has 2 aromatic carbocycles. The monoisotopic (exact) mass is 432 g/mol. The van der Waals surface area contributed by atoms with Gasteiger partial charge in [-0.15, -0.1) is 0 Å². The number of para-hydroxylation sites is 1. The van der Waals surface area contributed by atoms with Crippen molar-refractivity contribution in [1.29, 1.82) is 0 Å². The molecule has 2 heterocycles. The van der Waals surface area contributed by atoms with Crippen LogP contribution in [0, 0.1) is 5.92 Å². The SMILES string of the molecule is COc1ccc(Cn2cnc3c4ccccc4n(CC(=O)NCCC(C)C)c3c2=O)cc1. The van der Waals surface area contributed by atoms with Crippen LogP contribution in [0.3, 0.4) is 0 Å². The van der Waals surface area contributed by atoms with E-state index in [1.807, 2.05) is 48.5 Å². The molecule has 0 aliphatic heterocycles. The molecule has 0 spiro atoms. The van der Waals surface area contributed by atoms with E-state index in [9.17, 15) is 9.59 Å². The second-order valence-corrected chi connectivity index (χ2v) is 8.36. The highest BCUT2D eigenvalue weighted by molar-refractivity contribution is 6.06. The van der Waals surface area contributed by atoms with Crippen LogP contribution >= 0.6 is 0 Å². The summed E-state index contributed by atoms with van der Waals surface area (Å²) in [6.45, 7) is 5.32. The van der Waals surface area contributed by atoms with Crippen LogP contribution in [0.1, 0.15) is 25.8 Å². The third-order valence-corrected chi connectivity index (χ3v) is 5.59. The summed E-state index contributed by atoms with van der Waals surface area (Å²) in [4.78, 5) is 30.7. The molecule has 0 fully saturated rings. The lowest BCUT2D eigenvalue weighted by Crippen LogP contribution is -2.30. The average Bonchev–Trinajstić information content (AvgIpc) is 3.10. The van der Waals surface area contributed by atoms with E-state index in [0.717, 1.165) is 28.6 Å². The smallest absolute Gasteiger partial charge is 0.278 e. The number of benzene rings is 2. The molecular weight excluding hydrogens is 404 g/mol. The second kappa shape index (κ2) is 9.26. The Labute approximate surface area is 186 Å². The minimum Gasteiger partial charge on any atom is -0.497 e. The lowest BCUT2D eigenvalue weighted by molar-refractivity contribution is -0.121. The van der Waals surface area contributed by atoms with Crippen molar-refractivity contribution in [3.05, 3.63) is 70.8 Å². The zero-order valence-electron chi connectivity index (χ0n) is 18.7. The van der Waals surface area contributed by atoms with Crippen LogP contribution in [0.2, 0.25) is 0 Å². The number of rotatable bonds is 8. The quantitative estimate of drug-likeness (QED) is 0.462. The molecule has 0 aliphatic carbocycles. The van der Waals surface area contributed by atoms with Gasteiger partial charge in [-0.1, -0.05) is 44.2 Å². The lowest BCUT2D eigenvalue weighted by Gasteiger charge is -2.11. The van der Waals surface area contributed by atoms with Crippen LogP contribution in [-0.2, 0) is 17.9 Å². The third kappa shape index (κ3) is 4.37. The highest BCUT2D eigenvalue weighted by Crippen LogP contribution is 2.25. The molecule has 166 valence electrons. The van der Waals surface area contributed by atoms with Gasteiger partial charge in [0, 0.05) is 11.9 Å². The van der Waals surface area contributed by atoms with Crippen LogP contribution in [0.15, 0.2) is 59.7 Å². The predicted octanol–water partition coefficient (Wildman–Crippen LogP) is 3.57. The molecule has 2 aromatic heterocycles. The second-order valence-electron chi connectivity index (χ2n) is 8.36. The largest absolute Gasteiger partial charge is 0.497 e. The van der Waals surface area contributed by atoms with Gasteiger partial charge in [0.05, 0.1) is 25.5 Å². The lowest BCUT2D eigenvalue weighted by atomic mass is 10.1. The number of nitrogens with one attached hydrogen (secondary N) is 1. The van der Waals surface area contributed by atoms with Gasteiger partial charge >= 0.3 is 0 Å². The number of carbonyl (C=O) groups excluding carboxylic acids is 1. The number of carbonyl (C=O) groups is 1. The standard InChI is InChI=1S/C25H28N4O3/c1-17(2)12-13-26-22(30)15-29-21-7-5-4-6-20(21)23-24(29)25(31)28(16-27-23)14-18-8-10-19(32-3)11-9-18/h4-11,16-17H,12-15H2,1-3H3,(H,26,30). The van der Waals surface area contributed by atoms with Gasteiger partial charge in [-0.2, -0.15) is 0 Å². The number of amides is 1. The number of aromatic nitrogens is 3. The molecule has 4 aromatic rings. The van der Waals surface area contributed by atoms with E-state index in [1.165, 1.54) is 0 Å². The molecule has 0 saturated heterocycles. The summed E-state index contributed by atoms with van der Waals surface area (Å²) in [5.74, 6) is 1.16. The van der Waals surface area contributed by atoms with Crippen molar-refractivity contribution in [2.75, 3.05) is 13.7 Å². The van der Waals surface area contributed by atoms with E-state index < -0.39 is 0 Å². The molecule has 0 atom stereocenters. The van der Waals surface area contributed by atoms with Gasteiger partial charge in [-0.05, 0) is 36.1 Å². The maximum atomic E-state index is 13.5. The Balaban J connectivity index is 1.72. The summed E-state index contributed by atoms with van der Waals surface area (Å²) in [6.07, 6.45) is 2.49. The molecule has 1 N–H and O–H groups in total. The predicted molar refractivity (Wildman–Crippen MR) is 126 cm³/mol. The van der Waals surface area contributed by atoms with Crippen LogP contribution in [-0.4, -0.2) is 33.7 Å². The fourth-order valence-electron chi connectivity index (χ4n) is 3.85. The van der Waals surface area contributed by atoms with Crippen LogP contribution in [0.5, 0.6) is 5.75 Å². The van der Waals surface area contributed by atoms with Crippen molar-refractivity contribution < 1.29 is 9.53 Å². The topological polar surface area (TPSA) is 78.2 Å². The first-order valence-electron chi connectivity index (χ1n) is 10.8. The van der Waals surface area contributed by atoms with Crippen molar-refractivity contribution in [3.8, 4) is 5.75 Å². The van der Waals surface area contributed by atoms with E-state index in [1.54, 1.807) is 22.6 Å². The fraction of sp³-hybridized carbons (Fsp3) is 0.320. The molecule has 4 rings (SSSR count). The van der Waals surface area contributed by atoms with Gasteiger partial charge in [-0.25, -0.2) is 4.98 Å². The van der Waals surface area contributed by atoms with Crippen LogP contribution in [0.25, 0.3) is 21.9 Å². The molecular formula is C25H28N4O3. The Morgan fingerprint density at radius 3 is 2.59 bits per heavy atom. The van der Waals surface area contributed by atoms with Gasteiger partial charge in [-0.3, -0.25) is 14.2 Å². The average molecular weight is 433 g/mol. The molecule has 32 heavy (non-hydrogen) atoms. The van der Waals surface area contributed by atoms with Gasteiger partial charge in [0.2, 0.25) is 5.91 Å². The van der Waals surface area contributed by atoms with E-state index in [2.05, 4.69) is 24.1 Å². The van der Waals surface area contributed by atoms with Gasteiger partial charge < -0.3 is 14.6 Å². The fourth-order valence-corrected chi connectivity index (χ4v) is 3.85. The zero-order valence-corrected chi connectivity index (χ0v) is 18.7. The minimum atomic E-state index is -0.169. The third-order valence-electron chi connectivity index (χ3n) is 5.59. The maximum absolute atomic E-state index is 13.5. The number of hydrogen-bond acceptors (Lipinski definition) is 4.